The van der Waals surface area contributed by atoms with Gasteiger partial charge in [0.15, 0.2) is 0 Å². The van der Waals surface area contributed by atoms with Crippen LogP contribution in [0.15, 0.2) is 30.3 Å². The second-order valence-corrected chi connectivity index (χ2v) is 3.93. The Labute approximate surface area is 84.3 Å². The third-order valence-corrected chi connectivity index (χ3v) is 1.67. The molecule has 1 aromatic carbocycles. The molecule has 3 N–H and O–H groups in total. The van der Waals surface area contributed by atoms with Gasteiger partial charge in [-0.15, -0.1) is 0 Å². The molecule has 0 aliphatic rings. The van der Waals surface area contributed by atoms with Crippen LogP contribution in [0, 0.1) is 0 Å². The van der Waals surface area contributed by atoms with Crippen molar-refractivity contribution in [2.24, 2.45) is 5.73 Å². The van der Waals surface area contributed by atoms with Crippen LogP contribution in [-0.4, -0.2) is 11.6 Å². The Morgan fingerprint density at radius 2 is 1.93 bits per heavy atom. The molecule has 0 aliphatic carbocycles. The average Bonchev–Trinajstić information content (AvgIpc) is 2.02. The highest BCUT2D eigenvalue weighted by Gasteiger charge is 2.13. The van der Waals surface area contributed by atoms with Gasteiger partial charge in [0.1, 0.15) is 0 Å². The lowest BCUT2D eigenvalue weighted by Crippen LogP contribution is -2.51. The second kappa shape index (κ2) is 4.24. The topological polar surface area (TPSA) is 55.1 Å². The highest BCUT2D eigenvalue weighted by Crippen LogP contribution is 2.00. The van der Waals surface area contributed by atoms with E-state index in [9.17, 15) is 4.79 Å². The first kappa shape index (κ1) is 10.7. The lowest BCUT2D eigenvalue weighted by molar-refractivity contribution is -0.121. The molecular formula is C11H16N2O. The van der Waals surface area contributed by atoms with E-state index < -0.39 is 5.66 Å². The van der Waals surface area contributed by atoms with E-state index in [4.69, 9.17) is 5.73 Å². The Kier molecular flexibility index (Phi) is 3.25. The summed E-state index contributed by atoms with van der Waals surface area (Å²) < 4.78 is 0. The molecule has 0 heterocycles. The lowest BCUT2D eigenvalue weighted by Gasteiger charge is -2.20. The van der Waals surface area contributed by atoms with Crippen molar-refractivity contribution in [3.8, 4) is 0 Å². The van der Waals surface area contributed by atoms with Crippen molar-refractivity contribution >= 4 is 5.91 Å². The number of benzene rings is 1. The summed E-state index contributed by atoms with van der Waals surface area (Å²) in [6, 6.07) is 9.59. The number of carbonyl (C=O) groups excluding carboxylic acids is 1. The first-order valence-corrected chi connectivity index (χ1v) is 4.61. The number of hydrogen-bond acceptors (Lipinski definition) is 2. The smallest absolute Gasteiger partial charge is 0.225 e. The van der Waals surface area contributed by atoms with Crippen LogP contribution in [0.5, 0.6) is 0 Å². The van der Waals surface area contributed by atoms with E-state index in [-0.39, 0.29) is 5.91 Å². The first-order valence-electron chi connectivity index (χ1n) is 4.61. The largest absolute Gasteiger partial charge is 0.339 e. The van der Waals surface area contributed by atoms with Crippen molar-refractivity contribution in [2.45, 2.75) is 25.9 Å². The maximum Gasteiger partial charge on any atom is 0.225 e. The van der Waals surface area contributed by atoms with Crippen LogP contribution < -0.4 is 11.1 Å². The summed E-state index contributed by atoms with van der Waals surface area (Å²) in [5, 5.41) is 2.71. The predicted molar refractivity (Wildman–Crippen MR) is 56.6 cm³/mol. The molecule has 1 amide bonds. The zero-order valence-corrected chi connectivity index (χ0v) is 8.58. The fraction of sp³-hybridized carbons (Fsp3) is 0.364. The summed E-state index contributed by atoms with van der Waals surface area (Å²) >= 11 is 0. The predicted octanol–water partition coefficient (Wildman–Crippen LogP) is 1.04. The molecule has 0 unspecified atom stereocenters. The molecule has 0 atom stereocenters. The van der Waals surface area contributed by atoms with Crippen LogP contribution >= 0.6 is 0 Å². The summed E-state index contributed by atoms with van der Waals surface area (Å²) in [7, 11) is 0. The van der Waals surface area contributed by atoms with Gasteiger partial charge in [0.05, 0.1) is 12.1 Å². The van der Waals surface area contributed by atoms with E-state index in [1.54, 1.807) is 13.8 Å². The first-order chi connectivity index (χ1) is 6.47. The van der Waals surface area contributed by atoms with Crippen LogP contribution in [0.25, 0.3) is 0 Å². The molecule has 3 heteroatoms. The molecule has 0 saturated heterocycles. The van der Waals surface area contributed by atoms with Crippen LogP contribution in [-0.2, 0) is 11.2 Å². The Bertz CT molecular complexity index is 301. The Hall–Kier alpha value is -1.35. The van der Waals surface area contributed by atoms with E-state index in [1.165, 1.54) is 0 Å². The number of hydrogen-bond donors (Lipinski definition) is 2. The summed E-state index contributed by atoms with van der Waals surface area (Å²) in [4.78, 5) is 11.4. The Morgan fingerprint density at radius 3 is 2.43 bits per heavy atom. The zero-order valence-electron chi connectivity index (χ0n) is 8.58. The van der Waals surface area contributed by atoms with E-state index >= 15 is 0 Å². The SMILES string of the molecule is CC(C)(N)NC(=O)Cc1ccccc1. The summed E-state index contributed by atoms with van der Waals surface area (Å²) in [5.41, 5.74) is 6.01. The molecule has 3 nitrogen and oxygen atoms in total. The quantitative estimate of drug-likeness (QED) is 0.703. The van der Waals surface area contributed by atoms with Crippen molar-refractivity contribution in [3.63, 3.8) is 0 Å². The number of carbonyl (C=O) groups is 1. The highest BCUT2D eigenvalue weighted by molar-refractivity contribution is 5.79. The van der Waals surface area contributed by atoms with E-state index in [1.807, 2.05) is 30.3 Å². The molecule has 0 fully saturated rings. The fourth-order valence-electron chi connectivity index (χ4n) is 1.18. The summed E-state index contributed by atoms with van der Waals surface area (Å²) in [6.07, 6.45) is 0.376. The molecule has 0 bridgehead atoms. The zero-order chi connectivity index (χ0) is 10.6. The van der Waals surface area contributed by atoms with Crippen molar-refractivity contribution in [2.75, 3.05) is 0 Å². The summed E-state index contributed by atoms with van der Waals surface area (Å²) in [5.74, 6) is -0.0521. The molecule has 1 aromatic rings. The van der Waals surface area contributed by atoms with Gasteiger partial charge >= 0.3 is 0 Å². The normalized spacial score (nSPS) is 11.1. The number of nitrogens with two attached hydrogens (primary N) is 1. The molecule has 0 aromatic heterocycles. The molecule has 0 saturated carbocycles. The maximum atomic E-state index is 11.4. The maximum absolute atomic E-state index is 11.4. The third kappa shape index (κ3) is 4.05. The standard InChI is InChI=1S/C11H16N2O/c1-11(2,12)13-10(14)8-9-6-4-3-5-7-9/h3-7H,8,12H2,1-2H3,(H,13,14). The highest BCUT2D eigenvalue weighted by atomic mass is 16.1. The molecule has 0 aliphatic heterocycles. The molecule has 1 rings (SSSR count). The van der Waals surface area contributed by atoms with Gasteiger partial charge in [-0.3, -0.25) is 4.79 Å². The number of amides is 1. The van der Waals surface area contributed by atoms with Gasteiger partial charge in [0.2, 0.25) is 5.91 Å². The number of rotatable bonds is 3. The molecular weight excluding hydrogens is 176 g/mol. The van der Waals surface area contributed by atoms with Crippen LogP contribution in [0.3, 0.4) is 0 Å². The van der Waals surface area contributed by atoms with Gasteiger partial charge in [0, 0.05) is 0 Å². The van der Waals surface area contributed by atoms with Gasteiger partial charge in [0.25, 0.3) is 0 Å². The van der Waals surface area contributed by atoms with Gasteiger partial charge in [-0.25, -0.2) is 0 Å². The fourth-order valence-corrected chi connectivity index (χ4v) is 1.18. The molecule has 0 radical (unpaired) electrons. The van der Waals surface area contributed by atoms with Crippen molar-refractivity contribution in [1.82, 2.24) is 5.32 Å². The Morgan fingerprint density at radius 1 is 1.36 bits per heavy atom. The van der Waals surface area contributed by atoms with Crippen LogP contribution in [0.2, 0.25) is 0 Å². The van der Waals surface area contributed by atoms with Crippen molar-refractivity contribution in [1.29, 1.82) is 0 Å². The van der Waals surface area contributed by atoms with Gasteiger partial charge in [-0.2, -0.15) is 0 Å². The minimum absolute atomic E-state index is 0.0521. The average molecular weight is 192 g/mol. The molecule has 76 valence electrons. The van der Waals surface area contributed by atoms with Crippen molar-refractivity contribution in [3.05, 3.63) is 35.9 Å². The van der Waals surface area contributed by atoms with Crippen molar-refractivity contribution < 1.29 is 4.79 Å². The lowest BCUT2D eigenvalue weighted by atomic mass is 10.1. The van der Waals surface area contributed by atoms with E-state index in [0.29, 0.717) is 6.42 Å². The van der Waals surface area contributed by atoms with Crippen LogP contribution in [0.4, 0.5) is 0 Å². The molecule has 0 spiro atoms. The van der Waals surface area contributed by atoms with Crippen LogP contribution in [0.1, 0.15) is 19.4 Å². The van der Waals surface area contributed by atoms with Gasteiger partial charge < -0.3 is 11.1 Å². The van der Waals surface area contributed by atoms with Gasteiger partial charge in [-0.1, -0.05) is 30.3 Å². The summed E-state index contributed by atoms with van der Waals surface area (Å²) in [6.45, 7) is 3.52. The minimum Gasteiger partial charge on any atom is -0.339 e. The molecule has 14 heavy (non-hydrogen) atoms. The minimum atomic E-state index is -0.647. The Balaban J connectivity index is 2.50. The van der Waals surface area contributed by atoms with E-state index in [2.05, 4.69) is 5.32 Å². The van der Waals surface area contributed by atoms with Gasteiger partial charge in [-0.05, 0) is 19.4 Å². The second-order valence-electron chi connectivity index (χ2n) is 3.93. The monoisotopic (exact) mass is 192 g/mol. The number of nitrogens with one attached hydrogen (secondary N) is 1. The van der Waals surface area contributed by atoms with E-state index in [0.717, 1.165) is 5.56 Å². The third-order valence-electron chi connectivity index (χ3n) is 1.67.